The largest absolute Gasteiger partial charge is 0.493 e. The molecule has 2 aromatic rings. The van der Waals surface area contributed by atoms with Crippen molar-refractivity contribution in [3.05, 3.63) is 71.1 Å². The van der Waals surface area contributed by atoms with Crippen LogP contribution in [0.3, 0.4) is 0 Å². The Bertz CT molecular complexity index is 766. The summed E-state index contributed by atoms with van der Waals surface area (Å²) >= 11 is 1.97. The molecule has 0 saturated heterocycles. The van der Waals surface area contributed by atoms with Crippen LogP contribution < -0.4 is 9.47 Å². The lowest BCUT2D eigenvalue weighted by Crippen LogP contribution is -2.27. The summed E-state index contributed by atoms with van der Waals surface area (Å²) in [5, 5.41) is 2.86. The number of rotatable bonds is 11. The van der Waals surface area contributed by atoms with Gasteiger partial charge in [0.1, 0.15) is 6.61 Å². The third kappa shape index (κ3) is 6.03. The van der Waals surface area contributed by atoms with Crippen molar-refractivity contribution in [3.8, 4) is 11.5 Å². The van der Waals surface area contributed by atoms with E-state index in [0.717, 1.165) is 49.5 Å². The average molecular weight is 412 g/mol. The van der Waals surface area contributed by atoms with E-state index in [2.05, 4.69) is 60.6 Å². The molecule has 0 saturated carbocycles. The monoisotopic (exact) mass is 411 g/mol. The Morgan fingerprint density at radius 1 is 1.07 bits per heavy atom. The Labute approximate surface area is 180 Å². The predicted octanol–water partition coefficient (Wildman–Crippen LogP) is 6.11. The molecule has 0 amide bonds. The van der Waals surface area contributed by atoms with E-state index in [1.54, 1.807) is 7.11 Å². The van der Waals surface area contributed by atoms with Crippen LogP contribution in [0.5, 0.6) is 11.5 Å². The van der Waals surface area contributed by atoms with Crippen LogP contribution in [-0.2, 0) is 6.61 Å². The van der Waals surface area contributed by atoms with Crippen molar-refractivity contribution >= 4 is 11.8 Å². The first-order valence-corrected chi connectivity index (χ1v) is 11.6. The summed E-state index contributed by atoms with van der Waals surface area (Å²) in [7, 11) is 1.73. The van der Waals surface area contributed by atoms with E-state index >= 15 is 0 Å². The summed E-state index contributed by atoms with van der Waals surface area (Å²) < 4.78 is 11.8. The van der Waals surface area contributed by atoms with Gasteiger partial charge in [-0.2, -0.15) is 0 Å². The fraction of sp³-hybridized carbons (Fsp3) is 0.440. The smallest absolute Gasteiger partial charge is 0.161 e. The Kier molecular flexibility index (Phi) is 8.51. The molecule has 0 aromatic heterocycles. The van der Waals surface area contributed by atoms with Crippen LogP contribution in [0.25, 0.3) is 0 Å². The van der Waals surface area contributed by atoms with E-state index in [-0.39, 0.29) is 0 Å². The number of benzene rings is 2. The molecule has 4 heteroatoms. The minimum absolute atomic E-state index is 0.507. The topological polar surface area (TPSA) is 21.7 Å². The molecule has 29 heavy (non-hydrogen) atoms. The van der Waals surface area contributed by atoms with Crippen LogP contribution in [0.1, 0.15) is 43.7 Å². The van der Waals surface area contributed by atoms with Gasteiger partial charge >= 0.3 is 0 Å². The van der Waals surface area contributed by atoms with Crippen LogP contribution in [0.15, 0.2) is 60.0 Å². The maximum Gasteiger partial charge on any atom is 0.161 e. The molecule has 2 atom stereocenters. The Morgan fingerprint density at radius 3 is 2.52 bits per heavy atom. The number of ether oxygens (including phenoxy) is 2. The molecule has 0 bridgehead atoms. The summed E-state index contributed by atoms with van der Waals surface area (Å²) in [6, 6.07) is 16.7. The Morgan fingerprint density at radius 2 is 1.86 bits per heavy atom. The van der Waals surface area contributed by atoms with Crippen LogP contribution in [0, 0.1) is 0 Å². The molecular formula is C25H33NO2S. The van der Waals surface area contributed by atoms with Crippen molar-refractivity contribution in [1.29, 1.82) is 0 Å². The van der Waals surface area contributed by atoms with E-state index < -0.39 is 0 Å². The third-order valence-corrected chi connectivity index (χ3v) is 6.89. The van der Waals surface area contributed by atoms with Gasteiger partial charge in [0.2, 0.25) is 0 Å². The van der Waals surface area contributed by atoms with Gasteiger partial charge in [-0.1, -0.05) is 56.3 Å². The van der Waals surface area contributed by atoms with Gasteiger partial charge in [0.25, 0.3) is 0 Å². The zero-order valence-electron chi connectivity index (χ0n) is 17.8. The highest BCUT2D eigenvalue weighted by Gasteiger charge is 2.26. The minimum Gasteiger partial charge on any atom is -0.493 e. The first-order chi connectivity index (χ1) is 14.2. The van der Waals surface area contributed by atoms with Crippen molar-refractivity contribution in [2.45, 2.75) is 44.5 Å². The van der Waals surface area contributed by atoms with E-state index in [0.29, 0.717) is 17.8 Å². The zero-order valence-corrected chi connectivity index (χ0v) is 18.7. The van der Waals surface area contributed by atoms with Crippen LogP contribution in [0.4, 0.5) is 0 Å². The average Bonchev–Trinajstić information content (AvgIpc) is 3.30. The van der Waals surface area contributed by atoms with E-state index in [4.69, 9.17) is 9.47 Å². The third-order valence-electron chi connectivity index (χ3n) is 5.67. The summed E-state index contributed by atoms with van der Waals surface area (Å²) in [6.45, 7) is 8.37. The standard InChI is InChI=1S/C25H33NO2S/c1-4-26(5-2)16-15-22(25-12-9-17-29-25)21-13-14-23(24(18-21)27-3)28-19-20-10-7-6-8-11-20/h6-11,13-14,17-18,22,25H,4-5,12,15-16,19H2,1-3H3. The van der Waals surface area contributed by atoms with E-state index in [9.17, 15) is 0 Å². The van der Waals surface area contributed by atoms with Gasteiger partial charge in [0.15, 0.2) is 11.5 Å². The van der Waals surface area contributed by atoms with E-state index in [1.807, 2.05) is 30.0 Å². The van der Waals surface area contributed by atoms with Gasteiger partial charge in [-0.05, 0) is 67.1 Å². The molecule has 1 aliphatic heterocycles. The fourth-order valence-corrected chi connectivity index (χ4v) is 4.99. The molecule has 3 nitrogen and oxygen atoms in total. The lowest BCUT2D eigenvalue weighted by Gasteiger charge is -2.27. The summed E-state index contributed by atoms with van der Waals surface area (Å²) in [6.07, 6.45) is 4.60. The number of methoxy groups -OCH3 is 1. The summed E-state index contributed by atoms with van der Waals surface area (Å²) in [5.74, 6) is 2.13. The molecule has 156 valence electrons. The number of allylic oxidation sites excluding steroid dienone is 1. The second-order valence-electron chi connectivity index (χ2n) is 7.39. The molecule has 3 rings (SSSR count). The van der Waals surface area contributed by atoms with Crippen LogP contribution >= 0.6 is 11.8 Å². The molecular weight excluding hydrogens is 378 g/mol. The van der Waals surface area contributed by atoms with Gasteiger partial charge in [-0.25, -0.2) is 0 Å². The number of nitrogens with zero attached hydrogens (tertiary/aromatic N) is 1. The predicted molar refractivity (Wildman–Crippen MR) is 124 cm³/mol. The molecule has 2 aromatic carbocycles. The highest BCUT2D eigenvalue weighted by atomic mass is 32.2. The van der Waals surface area contributed by atoms with Crippen molar-refractivity contribution in [2.24, 2.45) is 0 Å². The lowest BCUT2D eigenvalue weighted by atomic mass is 9.90. The van der Waals surface area contributed by atoms with Gasteiger partial charge in [0, 0.05) is 5.25 Å². The first-order valence-electron chi connectivity index (χ1n) is 10.6. The van der Waals surface area contributed by atoms with E-state index in [1.165, 1.54) is 5.56 Å². The second-order valence-corrected chi connectivity index (χ2v) is 8.54. The minimum atomic E-state index is 0.507. The number of hydrogen-bond acceptors (Lipinski definition) is 4. The SMILES string of the molecule is CCN(CC)CCC(c1ccc(OCc2ccccc2)c(OC)c1)C1CC=CS1. The Hall–Kier alpha value is -1.91. The van der Waals surface area contributed by atoms with Crippen molar-refractivity contribution in [2.75, 3.05) is 26.7 Å². The summed E-state index contributed by atoms with van der Waals surface area (Å²) in [4.78, 5) is 2.51. The van der Waals surface area contributed by atoms with Crippen molar-refractivity contribution in [3.63, 3.8) is 0 Å². The van der Waals surface area contributed by atoms with Crippen molar-refractivity contribution in [1.82, 2.24) is 4.90 Å². The van der Waals surface area contributed by atoms with Gasteiger partial charge < -0.3 is 14.4 Å². The maximum absolute atomic E-state index is 6.06. The van der Waals surface area contributed by atoms with Gasteiger partial charge in [-0.3, -0.25) is 0 Å². The molecule has 1 aliphatic rings. The lowest BCUT2D eigenvalue weighted by molar-refractivity contribution is 0.282. The van der Waals surface area contributed by atoms with Crippen LogP contribution in [-0.4, -0.2) is 36.9 Å². The second kappa shape index (κ2) is 11.3. The molecule has 0 radical (unpaired) electrons. The normalized spacial score (nSPS) is 16.9. The first kappa shape index (κ1) is 21.8. The highest BCUT2D eigenvalue weighted by molar-refractivity contribution is 8.03. The van der Waals surface area contributed by atoms with Gasteiger partial charge in [-0.15, -0.1) is 11.8 Å². The van der Waals surface area contributed by atoms with Crippen LogP contribution in [0.2, 0.25) is 0 Å². The molecule has 0 N–H and O–H groups in total. The molecule has 0 fully saturated rings. The number of hydrogen-bond donors (Lipinski definition) is 0. The Balaban J connectivity index is 1.74. The molecule has 1 heterocycles. The summed E-state index contributed by atoms with van der Waals surface area (Å²) in [5.41, 5.74) is 2.51. The van der Waals surface area contributed by atoms with Gasteiger partial charge in [0.05, 0.1) is 7.11 Å². The fourth-order valence-electron chi connectivity index (χ4n) is 3.86. The molecule has 2 unspecified atom stereocenters. The zero-order chi connectivity index (χ0) is 20.5. The maximum atomic E-state index is 6.06. The highest BCUT2D eigenvalue weighted by Crippen LogP contribution is 2.41. The molecule has 0 spiro atoms. The van der Waals surface area contributed by atoms with Crippen molar-refractivity contribution < 1.29 is 9.47 Å². The quantitative estimate of drug-likeness (QED) is 0.445. The number of thioether (sulfide) groups is 1. The molecule has 0 aliphatic carbocycles.